The number of nitrogen functional groups attached to an aromatic ring is 1. The van der Waals surface area contributed by atoms with Gasteiger partial charge in [-0.2, -0.15) is 0 Å². The molecule has 0 radical (unpaired) electrons. The Kier molecular flexibility index (Phi) is 4.39. The average Bonchev–Trinajstić information content (AvgIpc) is 2.47. The number of hydrazine groups is 1. The predicted molar refractivity (Wildman–Crippen MR) is 74.0 cm³/mol. The fourth-order valence-electron chi connectivity index (χ4n) is 1.50. The van der Waals surface area contributed by atoms with Gasteiger partial charge in [0.25, 0.3) is 5.91 Å². The van der Waals surface area contributed by atoms with Crippen LogP contribution in [0.15, 0.2) is 36.4 Å². The van der Waals surface area contributed by atoms with Crippen LogP contribution < -0.4 is 20.7 Å². The summed E-state index contributed by atoms with van der Waals surface area (Å²) in [6, 6.07) is 9.73. The number of amides is 1. The van der Waals surface area contributed by atoms with Gasteiger partial charge in [0, 0.05) is 12.1 Å². The molecule has 1 aromatic heterocycles. The molecule has 20 heavy (non-hydrogen) atoms. The van der Waals surface area contributed by atoms with Crippen molar-refractivity contribution in [3.8, 4) is 17.4 Å². The number of benzene rings is 1. The summed E-state index contributed by atoms with van der Waals surface area (Å²) in [5, 5.41) is 0.417. The van der Waals surface area contributed by atoms with Gasteiger partial charge in [-0.25, -0.2) is 10.8 Å². The lowest BCUT2D eigenvalue weighted by Crippen LogP contribution is -2.30. The third kappa shape index (κ3) is 3.17. The fraction of sp³-hybridized carbons (Fsp3) is 0.0769. The standard InChI is InChI=1S/C13H12ClN3O3/c1-19-11-6-5-8(7-9(11)14)20-12-4-2-3-10(16-12)13(18)17-15/h2-7H,15H2,1H3,(H,17,18). The summed E-state index contributed by atoms with van der Waals surface area (Å²) in [5.41, 5.74) is 2.16. The summed E-state index contributed by atoms with van der Waals surface area (Å²) in [6.07, 6.45) is 0. The van der Waals surface area contributed by atoms with Gasteiger partial charge in [-0.15, -0.1) is 0 Å². The number of pyridine rings is 1. The van der Waals surface area contributed by atoms with Gasteiger partial charge in [0.05, 0.1) is 12.1 Å². The Morgan fingerprint density at radius 2 is 2.15 bits per heavy atom. The molecule has 0 spiro atoms. The molecule has 0 unspecified atom stereocenters. The summed E-state index contributed by atoms with van der Waals surface area (Å²) in [4.78, 5) is 15.4. The molecule has 2 aromatic rings. The van der Waals surface area contributed by atoms with Gasteiger partial charge in [-0.05, 0) is 18.2 Å². The zero-order chi connectivity index (χ0) is 14.5. The lowest BCUT2D eigenvalue weighted by atomic mass is 10.3. The normalized spacial score (nSPS) is 9.95. The van der Waals surface area contributed by atoms with E-state index in [2.05, 4.69) is 4.98 Å². The fourth-order valence-corrected chi connectivity index (χ4v) is 1.75. The zero-order valence-corrected chi connectivity index (χ0v) is 11.3. The molecule has 1 heterocycles. The first-order chi connectivity index (χ1) is 9.63. The van der Waals surface area contributed by atoms with Crippen molar-refractivity contribution in [3.05, 3.63) is 47.1 Å². The Morgan fingerprint density at radius 1 is 1.35 bits per heavy atom. The number of halogens is 1. The Bertz CT molecular complexity index is 634. The average molecular weight is 294 g/mol. The molecule has 0 saturated heterocycles. The van der Waals surface area contributed by atoms with Crippen molar-refractivity contribution >= 4 is 17.5 Å². The minimum atomic E-state index is -0.497. The molecule has 3 N–H and O–H groups in total. The molecule has 7 heteroatoms. The number of carbonyl (C=O) groups is 1. The summed E-state index contributed by atoms with van der Waals surface area (Å²) in [7, 11) is 1.53. The van der Waals surface area contributed by atoms with Crippen LogP contribution in [-0.4, -0.2) is 18.0 Å². The number of ether oxygens (including phenoxy) is 2. The van der Waals surface area contributed by atoms with Crippen LogP contribution in [0, 0.1) is 0 Å². The molecule has 0 fully saturated rings. The van der Waals surface area contributed by atoms with Gasteiger partial charge >= 0.3 is 0 Å². The number of methoxy groups -OCH3 is 1. The maximum absolute atomic E-state index is 11.4. The summed E-state index contributed by atoms with van der Waals surface area (Å²) < 4.78 is 10.6. The number of aromatic nitrogens is 1. The predicted octanol–water partition coefficient (Wildman–Crippen LogP) is 2.14. The van der Waals surface area contributed by atoms with Crippen molar-refractivity contribution in [2.45, 2.75) is 0 Å². The van der Waals surface area contributed by atoms with Crippen LogP contribution in [-0.2, 0) is 0 Å². The topological polar surface area (TPSA) is 86.5 Å². The van der Waals surface area contributed by atoms with Crippen molar-refractivity contribution in [3.63, 3.8) is 0 Å². The first kappa shape index (κ1) is 14.1. The number of nitrogens with two attached hydrogens (primary N) is 1. The Morgan fingerprint density at radius 3 is 2.80 bits per heavy atom. The highest BCUT2D eigenvalue weighted by molar-refractivity contribution is 6.32. The largest absolute Gasteiger partial charge is 0.495 e. The van der Waals surface area contributed by atoms with Crippen molar-refractivity contribution < 1.29 is 14.3 Å². The molecule has 0 saturated carbocycles. The lowest BCUT2D eigenvalue weighted by Gasteiger charge is -2.08. The van der Waals surface area contributed by atoms with Gasteiger partial charge in [-0.1, -0.05) is 17.7 Å². The molecule has 0 atom stereocenters. The third-order valence-electron chi connectivity index (χ3n) is 2.43. The van der Waals surface area contributed by atoms with E-state index in [9.17, 15) is 4.79 Å². The minimum Gasteiger partial charge on any atom is -0.495 e. The number of rotatable bonds is 4. The molecule has 0 aliphatic carbocycles. The summed E-state index contributed by atoms with van der Waals surface area (Å²) in [5.74, 6) is 5.83. The monoisotopic (exact) mass is 293 g/mol. The van der Waals surface area contributed by atoms with Crippen LogP contribution in [0.5, 0.6) is 17.4 Å². The van der Waals surface area contributed by atoms with Gasteiger partial charge in [0.1, 0.15) is 17.2 Å². The lowest BCUT2D eigenvalue weighted by molar-refractivity contribution is 0.0948. The van der Waals surface area contributed by atoms with E-state index in [1.165, 1.54) is 13.2 Å². The molecule has 104 valence electrons. The van der Waals surface area contributed by atoms with Crippen molar-refractivity contribution in [1.29, 1.82) is 0 Å². The molecular weight excluding hydrogens is 282 g/mol. The van der Waals surface area contributed by atoms with E-state index in [1.807, 2.05) is 5.43 Å². The molecule has 0 aliphatic heterocycles. The van der Waals surface area contributed by atoms with Gasteiger partial charge in [0.2, 0.25) is 5.88 Å². The summed E-state index contributed by atoms with van der Waals surface area (Å²) in [6.45, 7) is 0. The highest BCUT2D eigenvalue weighted by Crippen LogP contribution is 2.30. The molecule has 0 aliphatic rings. The highest BCUT2D eigenvalue weighted by Gasteiger charge is 2.08. The Labute approximate surface area is 120 Å². The number of hydrogen-bond donors (Lipinski definition) is 2. The van der Waals surface area contributed by atoms with Gasteiger partial charge in [0.15, 0.2) is 0 Å². The van der Waals surface area contributed by atoms with Crippen molar-refractivity contribution in [2.24, 2.45) is 5.84 Å². The SMILES string of the molecule is COc1ccc(Oc2cccc(C(=O)NN)n2)cc1Cl. The zero-order valence-electron chi connectivity index (χ0n) is 10.6. The second kappa shape index (κ2) is 6.23. The van der Waals surface area contributed by atoms with Crippen LogP contribution in [0.2, 0.25) is 5.02 Å². The van der Waals surface area contributed by atoms with E-state index in [-0.39, 0.29) is 11.6 Å². The maximum atomic E-state index is 11.4. The first-order valence-corrected chi connectivity index (χ1v) is 6.01. The van der Waals surface area contributed by atoms with E-state index in [4.69, 9.17) is 26.9 Å². The number of nitrogens with zero attached hydrogens (tertiary/aromatic N) is 1. The van der Waals surface area contributed by atoms with Crippen LogP contribution in [0.3, 0.4) is 0 Å². The van der Waals surface area contributed by atoms with E-state index in [0.29, 0.717) is 16.5 Å². The quantitative estimate of drug-likeness (QED) is 0.512. The Hall–Kier alpha value is -2.31. The third-order valence-corrected chi connectivity index (χ3v) is 2.73. The molecule has 6 nitrogen and oxygen atoms in total. The second-order valence-electron chi connectivity index (χ2n) is 3.73. The first-order valence-electron chi connectivity index (χ1n) is 5.63. The number of carbonyl (C=O) groups excluding carboxylic acids is 1. The summed E-state index contributed by atoms with van der Waals surface area (Å²) >= 11 is 5.99. The van der Waals surface area contributed by atoms with Crippen LogP contribution in [0.1, 0.15) is 10.5 Å². The molecule has 2 rings (SSSR count). The van der Waals surface area contributed by atoms with Crippen molar-refractivity contribution in [2.75, 3.05) is 7.11 Å². The Balaban J connectivity index is 2.21. The number of hydrogen-bond acceptors (Lipinski definition) is 5. The maximum Gasteiger partial charge on any atom is 0.283 e. The molecule has 0 bridgehead atoms. The second-order valence-corrected chi connectivity index (χ2v) is 4.14. The molecular formula is C13H12ClN3O3. The van der Waals surface area contributed by atoms with E-state index < -0.39 is 5.91 Å². The molecule has 1 aromatic carbocycles. The van der Waals surface area contributed by atoms with E-state index in [1.54, 1.807) is 30.3 Å². The van der Waals surface area contributed by atoms with Crippen LogP contribution in [0.25, 0.3) is 0 Å². The minimum absolute atomic E-state index is 0.157. The smallest absolute Gasteiger partial charge is 0.283 e. The van der Waals surface area contributed by atoms with Gasteiger partial charge in [-0.3, -0.25) is 10.2 Å². The molecule has 1 amide bonds. The van der Waals surface area contributed by atoms with E-state index >= 15 is 0 Å². The van der Waals surface area contributed by atoms with E-state index in [0.717, 1.165) is 0 Å². The van der Waals surface area contributed by atoms with Crippen LogP contribution in [0.4, 0.5) is 0 Å². The highest BCUT2D eigenvalue weighted by atomic mass is 35.5. The number of nitrogens with one attached hydrogen (secondary N) is 1. The van der Waals surface area contributed by atoms with Crippen LogP contribution >= 0.6 is 11.6 Å². The van der Waals surface area contributed by atoms with Gasteiger partial charge < -0.3 is 9.47 Å². The van der Waals surface area contributed by atoms with Crippen molar-refractivity contribution in [1.82, 2.24) is 10.4 Å².